The highest BCUT2D eigenvalue weighted by atomic mass is 19.1. The number of fused-ring (bicyclic) bond motifs is 5. The zero-order valence-electron chi connectivity index (χ0n) is 18.3. The fourth-order valence-corrected chi connectivity index (χ4v) is 8.39. The van der Waals surface area contributed by atoms with Crippen LogP contribution in [0.2, 0.25) is 0 Å². The number of carbonyl (C=O) groups excluding carboxylic acids is 1. The van der Waals surface area contributed by atoms with Crippen LogP contribution in [0.4, 0.5) is 4.39 Å². The number of alkyl halides is 1. The molecule has 0 radical (unpaired) electrons. The minimum Gasteiger partial charge on any atom is -0.297 e. The van der Waals surface area contributed by atoms with Gasteiger partial charge in [-0.25, -0.2) is 4.39 Å². The maximum absolute atomic E-state index is 15.4. The number of halogens is 1. The molecular weight excluding hydrogens is 377 g/mol. The largest absolute Gasteiger partial charge is 0.297 e. The summed E-state index contributed by atoms with van der Waals surface area (Å²) in [4.78, 5) is 13.2. The van der Waals surface area contributed by atoms with Crippen LogP contribution in [0.3, 0.4) is 0 Å². The molecule has 1 aromatic rings. The fraction of sp³-hybridized carbons (Fsp3) is 0.800. The van der Waals surface area contributed by atoms with E-state index in [1.165, 1.54) is 49.4 Å². The molecular formula is C25H34FN3O. The minimum absolute atomic E-state index is 0.0429. The van der Waals surface area contributed by atoms with Crippen LogP contribution in [-0.2, 0) is 11.3 Å². The lowest BCUT2D eigenvalue weighted by molar-refractivity contribution is -0.133. The Balaban J connectivity index is 1.35. The summed E-state index contributed by atoms with van der Waals surface area (Å²) in [6, 6.07) is 2.04. The molecule has 5 rings (SSSR count). The molecule has 0 N–H and O–H groups in total. The Morgan fingerprint density at radius 2 is 2.03 bits per heavy atom. The summed E-state index contributed by atoms with van der Waals surface area (Å²) < 4.78 is 16.9. The van der Waals surface area contributed by atoms with E-state index in [1.54, 1.807) is 6.20 Å². The maximum Gasteiger partial charge on any atom is 0.160 e. The lowest BCUT2D eigenvalue weighted by Gasteiger charge is -2.56. The van der Waals surface area contributed by atoms with Crippen LogP contribution in [0.15, 0.2) is 12.4 Å². The number of nitrogens with zero attached hydrogens (tertiary/aromatic N) is 3. The smallest absolute Gasteiger partial charge is 0.160 e. The van der Waals surface area contributed by atoms with Gasteiger partial charge >= 0.3 is 0 Å². The van der Waals surface area contributed by atoms with Gasteiger partial charge in [0.1, 0.15) is 12.2 Å². The lowest BCUT2D eigenvalue weighted by Crippen LogP contribution is -2.49. The van der Waals surface area contributed by atoms with Gasteiger partial charge in [-0.15, -0.1) is 0 Å². The van der Waals surface area contributed by atoms with Gasteiger partial charge in [-0.2, -0.15) is 10.4 Å². The number of Topliss-reactive ketones (excluding diaryl/α,β-unsaturated/α-hetero) is 1. The maximum atomic E-state index is 15.4. The van der Waals surface area contributed by atoms with Crippen molar-refractivity contribution in [1.82, 2.24) is 9.78 Å². The van der Waals surface area contributed by atoms with Crippen molar-refractivity contribution in [3.05, 3.63) is 18.0 Å². The summed E-state index contributed by atoms with van der Waals surface area (Å²) in [7, 11) is 0. The van der Waals surface area contributed by atoms with Crippen LogP contribution in [0, 0.1) is 58.2 Å². The van der Waals surface area contributed by atoms with Gasteiger partial charge in [0, 0.05) is 6.20 Å². The highest BCUT2D eigenvalue weighted by Gasteiger charge is 2.61. The molecule has 0 amide bonds. The minimum atomic E-state index is -1.04. The summed E-state index contributed by atoms with van der Waals surface area (Å²) in [5.74, 6) is 3.71. The Kier molecular flexibility index (Phi) is 5.03. The number of ketones is 1. The van der Waals surface area contributed by atoms with E-state index in [4.69, 9.17) is 5.26 Å². The number of carbonyl (C=O) groups is 1. The highest BCUT2D eigenvalue weighted by Crippen LogP contribution is 2.65. The standard InChI is InChI=1S/C25H34FN3O/c1-15-3-5-18-17(9-15)4-6-20-19(18)7-8-25(2)21(20)10-22(26)24(25)23(30)14-29-13-16(11-27)12-28-29/h12-13,15,17-22,24H,3-10,14H2,1-2H3/t15-,17+,18-,19?,20?,21?,22-,24?,25-/m0/s1. The molecule has 0 bridgehead atoms. The Morgan fingerprint density at radius 3 is 2.80 bits per heavy atom. The lowest BCUT2D eigenvalue weighted by atomic mass is 9.49. The number of nitriles is 1. The van der Waals surface area contributed by atoms with E-state index in [1.807, 2.05) is 6.07 Å². The summed E-state index contributed by atoms with van der Waals surface area (Å²) in [6.07, 6.45) is 11.4. The third-order valence-corrected chi connectivity index (χ3v) is 9.63. The molecule has 4 saturated carbocycles. The topological polar surface area (TPSA) is 58.7 Å². The molecule has 0 aromatic carbocycles. The first-order valence-electron chi connectivity index (χ1n) is 12.0. The van der Waals surface area contributed by atoms with Crippen molar-refractivity contribution in [2.75, 3.05) is 0 Å². The first kappa shape index (κ1) is 20.2. The first-order chi connectivity index (χ1) is 14.4. The Hall–Kier alpha value is -1.70. The second kappa shape index (κ2) is 7.46. The van der Waals surface area contributed by atoms with Crippen LogP contribution in [0.25, 0.3) is 0 Å². The Morgan fingerprint density at radius 1 is 1.23 bits per heavy atom. The molecule has 0 saturated heterocycles. The molecule has 30 heavy (non-hydrogen) atoms. The van der Waals surface area contributed by atoms with E-state index >= 15 is 4.39 Å². The number of hydrogen-bond donors (Lipinski definition) is 0. The molecule has 0 spiro atoms. The number of rotatable bonds is 3. The van der Waals surface area contributed by atoms with Gasteiger partial charge in [0.2, 0.25) is 0 Å². The zero-order chi connectivity index (χ0) is 21.0. The zero-order valence-corrected chi connectivity index (χ0v) is 18.3. The van der Waals surface area contributed by atoms with Crippen molar-refractivity contribution in [2.45, 2.75) is 77.9 Å². The predicted octanol–water partition coefficient (Wildman–Crippen LogP) is 5.18. The van der Waals surface area contributed by atoms with Gasteiger partial charge in [-0.05, 0) is 85.9 Å². The molecule has 4 aliphatic rings. The van der Waals surface area contributed by atoms with E-state index in [0.29, 0.717) is 23.8 Å². The van der Waals surface area contributed by atoms with Crippen LogP contribution < -0.4 is 0 Å². The van der Waals surface area contributed by atoms with Crippen LogP contribution >= 0.6 is 0 Å². The second-order valence-electron chi connectivity index (χ2n) is 11.1. The molecule has 1 heterocycles. The SMILES string of the molecule is C[C@H]1CC[C@@H]2C3CC[C@@]4(C)C(C[C@H](F)C4C(=O)Cn4cc(C#N)cn4)C3CC[C@@H]2C1. The molecule has 1 aromatic heterocycles. The van der Waals surface area contributed by atoms with Gasteiger partial charge < -0.3 is 0 Å². The van der Waals surface area contributed by atoms with Gasteiger partial charge in [0.15, 0.2) is 5.78 Å². The molecule has 4 nitrogen and oxygen atoms in total. The van der Waals surface area contributed by atoms with E-state index in [-0.39, 0.29) is 17.7 Å². The molecule has 0 aliphatic heterocycles. The molecule has 4 aliphatic carbocycles. The van der Waals surface area contributed by atoms with Crippen molar-refractivity contribution in [1.29, 1.82) is 5.26 Å². The second-order valence-corrected chi connectivity index (χ2v) is 11.1. The average Bonchev–Trinajstić information content (AvgIpc) is 3.27. The van der Waals surface area contributed by atoms with Crippen molar-refractivity contribution in [3.8, 4) is 6.07 Å². The molecule has 4 unspecified atom stereocenters. The van der Waals surface area contributed by atoms with E-state index in [9.17, 15) is 4.79 Å². The number of hydrogen-bond acceptors (Lipinski definition) is 3. The Labute approximate surface area is 179 Å². The van der Waals surface area contributed by atoms with E-state index in [2.05, 4.69) is 18.9 Å². The summed E-state index contributed by atoms with van der Waals surface area (Å²) in [5, 5.41) is 13.1. The average molecular weight is 412 g/mol. The summed E-state index contributed by atoms with van der Waals surface area (Å²) >= 11 is 0. The third kappa shape index (κ3) is 3.13. The van der Waals surface area contributed by atoms with Crippen molar-refractivity contribution >= 4 is 5.78 Å². The third-order valence-electron chi connectivity index (χ3n) is 9.63. The van der Waals surface area contributed by atoms with E-state index < -0.39 is 12.1 Å². The van der Waals surface area contributed by atoms with Gasteiger partial charge in [0.25, 0.3) is 0 Å². The first-order valence-corrected chi connectivity index (χ1v) is 12.0. The van der Waals surface area contributed by atoms with Gasteiger partial charge in [-0.1, -0.05) is 20.3 Å². The fourth-order valence-electron chi connectivity index (χ4n) is 8.39. The number of aromatic nitrogens is 2. The van der Waals surface area contributed by atoms with E-state index in [0.717, 1.165) is 30.1 Å². The predicted molar refractivity (Wildman–Crippen MR) is 112 cm³/mol. The Bertz CT molecular complexity index is 859. The monoisotopic (exact) mass is 411 g/mol. The summed E-state index contributed by atoms with van der Waals surface area (Å²) in [6.45, 7) is 4.68. The molecule has 5 heteroatoms. The normalized spacial score (nSPS) is 45.1. The van der Waals surface area contributed by atoms with Gasteiger partial charge in [-0.3, -0.25) is 9.48 Å². The molecule has 9 atom stereocenters. The van der Waals surface area contributed by atoms with Crippen LogP contribution in [0.1, 0.15) is 70.8 Å². The summed E-state index contributed by atoms with van der Waals surface area (Å²) in [5.41, 5.74) is 0.215. The molecule has 162 valence electrons. The highest BCUT2D eigenvalue weighted by molar-refractivity contribution is 5.82. The van der Waals surface area contributed by atoms with Gasteiger partial charge in [0.05, 0.1) is 24.2 Å². The van der Waals surface area contributed by atoms with Crippen LogP contribution in [-0.4, -0.2) is 21.7 Å². The quantitative estimate of drug-likeness (QED) is 0.689. The van der Waals surface area contributed by atoms with Crippen molar-refractivity contribution in [3.63, 3.8) is 0 Å². The van der Waals surface area contributed by atoms with Crippen LogP contribution in [0.5, 0.6) is 0 Å². The van der Waals surface area contributed by atoms with Crippen molar-refractivity contribution in [2.24, 2.45) is 46.8 Å². The van der Waals surface area contributed by atoms with Crippen molar-refractivity contribution < 1.29 is 9.18 Å². The molecule has 4 fully saturated rings.